The maximum absolute atomic E-state index is 10.4. The van der Waals surface area contributed by atoms with Crippen LogP contribution < -0.4 is 0 Å². The van der Waals surface area contributed by atoms with E-state index < -0.39 is 0 Å². The second kappa shape index (κ2) is 3.56. The first kappa shape index (κ1) is 8.23. The molecule has 1 unspecified atom stereocenters. The summed E-state index contributed by atoms with van der Waals surface area (Å²) in [5.74, 6) is 1.42. The van der Waals surface area contributed by atoms with Crippen LogP contribution in [-0.4, -0.2) is 16.3 Å². The lowest BCUT2D eigenvalue weighted by Crippen LogP contribution is -2.02. The van der Waals surface area contributed by atoms with E-state index in [9.17, 15) is 4.79 Å². The minimum Gasteiger partial charge on any atom is -0.340 e. The molecule has 1 aromatic heterocycles. The highest BCUT2D eigenvalue weighted by Gasteiger charge is 2.15. The van der Waals surface area contributed by atoms with Gasteiger partial charge >= 0.3 is 0 Å². The zero-order valence-electron chi connectivity index (χ0n) is 7.36. The summed E-state index contributed by atoms with van der Waals surface area (Å²) in [6.07, 6.45) is 10.0. The van der Waals surface area contributed by atoms with Gasteiger partial charge in [0.05, 0.1) is 11.9 Å². The molecule has 0 amide bonds. The Hall–Kier alpha value is -1.38. The lowest BCUT2D eigenvalue weighted by molar-refractivity contribution is 0.111. The molecule has 1 aromatic rings. The van der Waals surface area contributed by atoms with Crippen LogP contribution in [0.2, 0.25) is 0 Å². The molecule has 1 N–H and O–H groups in total. The molecule has 3 heteroatoms. The van der Waals surface area contributed by atoms with Crippen molar-refractivity contribution < 1.29 is 4.79 Å². The molecule has 1 atom stereocenters. The third kappa shape index (κ3) is 1.69. The van der Waals surface area contributed by atoms with Gasteiger partial charge in [0, 0.05) is 5.92 Å². The summed E-state index contributed by atoms with van der Waals surface area (Å²) in [5.41, 5.74) is 0.574. The minimum absolute atomic E-state index is 0.471. The van der Waals surface area contributed by atoms with Crippen molar-refractivity contribution in [1.29, 1.82) is 0 Å². The summed E-state index contributed by atoms with van der Waals surface area (Å²) in [6.45, 7) is 0. The monoisotopic (exact) mass is 176 g/mol. The Kier molecular flexibility index (Phi) is 2.25. The number of aldehydes is 1. The third-order valence-corrected chi connectivity index (χ3v) is 2.40. The quantitative estimate of drug-likeness (QED) is 0.553. The van der Waals surface area contributed by atoms with Crippen LogP contribution >= 0.6 is 0 Å². The molecule has 0 spiro atoms. The van der Waals surface area contributed by atoms with Gasteiger partial charge in [-0.1, -0.05) is 12.2 Å². The van der Waals surface area contributed by atoms with Crippen LogP contribution in [0.4, 0.5) is 0 Å². The van der Waals surface area contributed by atoms with Crippen molar-refractivity contribution in [2.75, 3.05) is 0 Å². The fourth-order valence-corrected chi connectivity index (χ4v) is 1.66. The van der Waals surface area contributed by atoms with E-state index in [0.717, 1.165) is 31.4 Å². The predicted octanol–water partition coefficient (Wildman–Crippen LogP) is 2.05. The number of nitrogens with one attached hydrogen (secondary N) is 1. The van der Waals surface area contributed by atoms with Gasteiger partial charge in [0.1, 0.15) is 5.82 Å². The zero-order valence-corrected chi connectivity index (χ0v) is 7.36. The molecule has 2 rings (SSSR count). The molecule has 0 aliphatic heterocycles. The topological polar surface area (TPSA) is 45.8 Å². The second-order valence-corrected chi connectivity index (χ2v) is 3.32. The highest BCUT2D eigenvalue weighted by atomic mass is 16.1. The summed E-state index contributed by atoms with van der Waals surface area (Å²) in [4.78, 5) is 17.6. The Morgan fingerprint density at radius 1 is 1.54 bits per heavy atom. The molecule has 1 heterocycles. The van der Waals surface area contributed by atoms with Gasteiger partial charge in [0.15, 0.2) is 6.29 Å². The van der Waals surface area contributed by atoms with E-state index in [0.29, 0.717) is 11.6 Å². The molecule has 68 valence electrons. The minimum atomic E-state index is 0.471. The van der Waals surface area contributed by atoms with Gasteiger partial charge in [-0.05, 0) is 19.3 Å². The van der Waals surface area contributed by atoms with Gasteiger partial charge in [-0.15, -0.1) is 0 Å². The average Bonchev–Trinajstić information content (AvgIpc) is 2.67. The number of carbonyl (C=O) groups excluding carboxylic acids is 1. The van der Waals surface area contributed by atoms with E-state index in [-0.39, 0.29) is 0 Å². The molecule has 0 saturated carbocycles. The number of aromatic nitrogens is 2. The summed E-state index contributed by atoms with van der Waals surface area (Å²) in [7, 11) is 0. The van der Waals surface area contributed by atoms with Crippen LogP contribution in [0.25, 0.3) is 0 Å². The van der Waals surface area contributed by atoms with E-state index in [1.165, 1.54) is 0 Å². The van der Waals surface area contributed by atoms with Crippen molar-refractivity contribution in [3.63, 3.8) is 0 Å². The van der Waals surface area contributed by atoms with Crippen molar-refractivity contribution in [2.24, 2.45) is 0 Å². The van der Waals surface area contributed by atoms with E-state index in [2.05, 4.69) is 22.1 Å². The van der Waals surface area contributed by atoms with Gasteiger partial charge in [-0.3, -0.25) is 4.79 Å². The Balaban J connectivity index is 2.15. The Morgan fingerprint density at radius 2 is 2.46 bits per heavy atom. The number of hydrogen-bond donors (Lipinski definition) is 1. The number of imidazole rings is 1. The fourth-order valence-electron chi connectivity index (χ4n) is 1.66. The maximum atomic E-state index is 10.4. The highest BCUT2D eigenvalue weighted by molar-refractivity contribution is 5.71. The maximum Gasteiger partial charge on any atom is 0.167 e. The van der Waals surface area contributed by atoms with Gasteiger partial charge in [-0.25, -0.2) is 4.98 Å². The molecule has 0 radical (unpaired) electrons. The summed E-state index contributed by atoms with van der Waals surface area (Å²) in [5, 5.41) is 0. The molecule has 0 fully saturated rings. The molecular formula is C10H12N2O. The van der Waals surface area contributed by atoms with E-state index in [4.69, 9.17) is 0 Å². The SMILES string of the molecule is O=Cc1cnc(C2CC=CCC2)[nH]1. The third-order valence-electron chi connectivity index (χ3n) is 2.40. The smallest absolute Gasteiger partial charge is 0.167 e. The van der Waals surface area contributed by atoms with Crippen molar-refractivity contribution in [3.8, 4) is 0 Å². The Bertz CT molecular complexity index is 327. The first-order valence-corrected chi connectivity index (χ1v) is 4.55. The first-order valence-electron chi connectivity index (χ1n) is 4.55. The normalized spacial score (nSPS) is 21.7. The van der Waals surface area contributed by atoms with Gasteiger partial charge in [-0.2, -0.15) is 0 Å². The van der Waals surface area contributed by atoms with Crippen molar-refractivity contribution in [2.45, 2.75) is 25.2 Å². The molecule has 0 aromatic carbocycles. The van der Waals surface area contributed by atoms with E-state index in [1.54, 1.807) is 6.20 Å². The fraction of sp³-hybridized carbons (Fsp3) is 0.400. The summed E-state index contributed by atoms with van der Waals surface area (Å²) in [6, 6.07) is 0. The summed E-state index contributed by atoms with van der Waals surface area (Å²) < 4.78 is 0. The molecule has 1 aliphatic carbocycles. The van der Waals surface area contributed by atoms with Crippen molar-refractivity contribution >= 4 is 6.29 Å². The number of H-pyrrole nitrogens is 1. The van der Waals surface area contributed by atoms with Crippen LogP contribution in [0.3, 0.4) is 0 Å². The highest BCUT2D eigenvalue weighted by Crippen LogP contribution is 2.26. The van der Waals surface area contributed by atoms with Gasteiger partial charge in [0.2, 0.25) is 0 Å². The second-order valence-electron chi connectivity index (χ2n) is 3.32. The number of nitrogens with zero attached hydrogens (tertiary/aromatic N) is 1. The van der Waals surface area contributed by atoms with Crippen LogP contribution in [0.5, 0.6) is 0 Å². The lowest BCUT2D eigenvalue weighted by Gasteiger charge is -2.14. The molecule has 3 nitrogen and oxygen atoms in total. The largest absolute Gasteiger partial charge is 0.340 e. The average molecular weight is 176 g/mol. The van der Waals surface area contributed by atoms with Crippen LogP contribution in [-0.2, 0) is 0 Å². The number of aromatic amines is 1. The summed E-state index contributed by atoms with van der Waals surface area (Å²) >= 11 is 0. The Morgan fingerprint density at radius 3 is 3.08 bits per heavy atom. The van der Waals surface area contributed by atoms with Gasteiger partial charge < -0.3 is 4.98 Å². The van der Waals surface area contributed by atoms with Crippen molar-refractivity contribution in [3.05, 3.63) is 29.9 Å². The number of carbonyl (C=O) groups is 1. The molecule has 0 bridgehead atoms. The Labute approximate surface area is 76.9 Å². The van der Waals surface area contributed by atoms with Crippen LogP contribution in [0, 0.1) is 0 Å². The molecule has 13 heavy (non-hydrogen) atoms. The predicted molar refractivity (Wildman–Crippen MR) is 49.7 cm³/mol. The lowest BCUT2D eigenvalue weighted by atomic mass is 9.94. The molecule has 1 aliphatic rings. The molecular weight excluding hydrogens is 164 g/mol. The number of allylic oxidation sites excluding steroid dienone is 2. The van der Waals surface area contributed by atoms with Gasteiger partial charge in [0.25, 0.3) is 0 Å². The van der Waals surface area contributed by atoms with Crippen molar-refractivity contribution in [1.82, 2.24) is 9.97 Å². The van der Waals surface area contributed by atoms with E-state index in [1.807, 2.05) is 0 Å². The zero-order chi connectivity index (χ0) is 9.10. The first-order chi connectivity index (χ1) is 6.40. The standard InChI is InChI=1S/C10H12N2O/c13-7-9-6-11-10(12-9)8-4-2-1-3-5-8/h1-2,6-8H,3-5H2,(H,11,12). The van der Waals surface area contributed by atoms with E-state index >= 15 is 0 Å². The number of hydrogen-bond acceptors (Lipinski definition) is 2. The molecule has 0 saturated heterocycles. The van der Waals surface area contributed by atoms with Crippen LogP contribution in [0.1, 0.15) is 41.5 Å². The van der Waals surface area contributed by atoms with Crippen LogP contribution in [0.15, 0.2) is 18.3 Å². The number of rotatable bonds is 2.